The van der Waals surface area contributed by atoms with Gasteiger partial charge < -0.3 is 4.98 Å². The Kier molecular flexibility index (Phi) is 1.98. The Labute approximate surface area is 96.0 Å². The van der Waals surface area contributed by atoms with Gasteiger partial charge in [-0.05, 0) is 28.5 Å². The van der Waals surface area contributed by atoms with Crippen molar-refractivity contribution in [2.75, 3.05) is 0 Å². The predicted molar refractivity (Wildman–Crippen MR) is 64.1 cm³/mol. The van der Waals surface area contributed by atoms with E-state index < -0.39 is 0 Å². The molecule has 3 aromatic heterocycles. The maximum atomic E-state index is 8.86. The van der Waals surface area contributed by atoms with Crippen molar-refractivity contribution in [2.24, 2.45) is 0 Å². The number of nitriles is 1. The number of hydrogen-bond donors (Lipinski definition) is 1. The van der Waals surface area contributed by atoms with E-state index in [9.17, 15) is 0 Å². The molecule has 3 rings (SSSR count). The van der Waals surface area contributed by atoms with E-state index in [0.717, 1.165) is 22.2 Å². The van der Waals surface area contributed by atoms with Crippen molar-refractivity contribution >= 4 is 22.4 Å². The van der Waals surface area contributed by atoms with Gasteiger partial charge in [0.05, 0.1) is 5.56 Å². The highest BCUT2D eigenvalue weighted by Gasteiger charge is 2.07. The number of aromatic nitrogens is 2. The van der Waals surface area contributed by atoms with Gasteiger partial charge in [-0.25, -0.2) is 4.98 Å². The van der Waals surface area contributed by atoms with Crippen LogP contribution in [0.3, 0.4) is 0 Å². The van der Waals surface area contributed by atoms with Crippen LogP contribution in [-0.2, 0) is 0 Å². The minimum absolute atomic E-state index is 0.587. The molecule has 1 N–H and O–H groups in total. The molecule has 3 aromatic rings. The molecule has 76 valence electrons. The number of H-pyrrole nitrogens is 1. The van der Waals surface area contributed by atoms with Crippen LogP contribution in [0.4, 0.5) is 0 Å². The van der Waals surface area contributed by atoms with Gasteiger partial charge in [0.15, 0.2) is 0 Å². The highest BCUT2D eigenvalue weighted by Crippen LogP contribution is 2.29. The van der Waals surface area contributed by atoms with E-state index in [-0.39, 0.29) is 0 Å². The first-order valence-electron chi connectivity index (χ1n) is 4.78. The molecule has 0 aromatic carbocycles. The number of nitrogens with one attached hydrogen (secondary N) is 1. The van der Waals surface area contributed by atoms with Crippen molar-refractivity contribution in [2.45, 2.75) is 0 Å². The quantitative estimate of drug-likeness (QED) is 0.691. The van der Waals surface area contributed by atoms with Crippen LogP contribution in [0.1, 0.15) is 5.56 Å². The number of fused-ring (bicyclic) bond motifs is 1. The standard InChI is InChI=1S/C12H7N3S/c13-4-8-3-10-11(9-1-2-16-7-9)6-15-12(10)14-5-8/h1-3,5-7H,(H,14,15). The van der Waals surface area contributed by atoms with Crippen molar-refractivity contribution in [3.05, 3.63) is 40.8 Å². The van der Waals surface area contributed by atoms with E-state index in [4.69, 9.17) is 5.26 Å². The van der Waals surface area contributed by atoms with Gasteiger partial charge in [0, 0.05) is 23.3 Å². The largest absolute Gasteiger partial charge is 0.346 e. The summed E-state index contributed by atoms with van der Waals surface area (Å²) >= 11 is 1.66. The molecule has 0 atom stereocenters. The molecule has 0 aliphatic heterocycles. The molecular formula is C12H7N3S. The summed E-state index contributed by atoms with van der Waals surface area (Å²) in [6.45, 7) is 0. The van der Waals surface area contributed by atoms with Crippen LogP contribution in [0.2, 0.25) is 0 Å². The van der Waals surface area contributed by atoms with Crippen molar-refractivity contribution < 1.29 is 0 Å². The monoisotopic (exact) mass is 225 g/mol. The summed E-state index contributed by atoms with van der Waals surface area (Å²) < 4.78 is 0. The Morgan fingerprint density at radius 1 is 1.44 bits per heavy atom. The summed E-state index contributed by atoms with van der Waals surface area (Å²) in [6.07, 6.45) is 3.51. The van der Waals surface area contributed by atoms with Gasteiger partial charge >= 0.3 is 0 Å². The van der Waals surface area contributed by atoms with Crippen molar-refractivity contribution in [1.29, 1.82) is 5.26 Å². The lowest BCUT2D eigenvalue weighted by Crippen LogP contribution is -1.80. The second kappa shape index (κ2) is 3.47. The smallest absolute Gasteiger partial charge is 0.137 e. The second-order valence-electron chi connectivity index (χ2n) is 3.45. The van der Waals surface area contributed by atoms with E-state index >= 15 is 0 Å². The van der Waals surface area contributed by atoms with Gasteiger partial charge in [0.25, 0.3) is 0 Å². The number of thiophene rings is 1. The summed E-state index contributed by atoms with van der Waals surface area (Å²) in [5.74, 6) is 0. The Morgan fingerprint density at radius 3 is 3.12 bits per heavy atom. The Morgan fingerprint density at radius 2 is 2.38 bits per heavy atom. The summed E-state index contributed by atoms with van der Waals surface area (Å²) in [4.78, 5) is 7.32. The van der Waals surface area contributed by atoms with Crippen LogP contribution in [0, 0.1) is 11.3 Å². The van der Waals surface area contributed by atoms with Crippen molar-refractivity contribution in [1.82, 2.24) is 9.97 Å². The average molecular weight is 225 g/mol. The molecule has 3 heterocycles. The van der Waals surface area contributed by atoms with Gasteiger partial charge in [-0.2, -0.15) is 16.6 Å². The lowest BCUT2D eigenvalue weighted by molar-refractivity contribution is 1.31. The number of pyridine rings is 1. The molecule has 0 aliphatic rings. The molecule has 3 nitrogen and oxygen atoms in total. The molecule has 0 spiro atoms. The Balaban J connectivity index is 2.31. The van der Waals surface area contributed by atoms with Gasteiger partial charge in [-0.1, -0.05) is 0 Å². The van der Waals surface area contributed by atoms with E-state index in [1.807, 2.05) is 17.6 Å². The van der Waals surface area contributed by atoms with Crippen LogP contribution < -0.4 is 0 Å². The van der Waals surface area contributed by atoms with E-state index in [1.165, 1.54) is 0 Å². The van der Waals surface area contributed by atoms with E-state index in [1.54, 1.807) is 17.5 Å². The molecule has 0 aliphatic carbocycles. The van der Waals surface area contributed by atoms with Crippen LogP contribution in [-0.4, -0.2) is 9.97 Å². The summed E-state index contributed by atoms with van der Waals surface area (Å²) in [5.41, 5.74) is 3.66. The third-order valence-corrected chi connectivity index (χ3v) is 3.18. The zero-order valence-corrected chi connectivity index (χ0v) is 9.08. The third kappa shape index (κ3) is 1.30. The first-order valence-corrected chi connectivity index (χ1v) is 5.72. The van der Waals surface area contributed by atoms with Crippen molar-refractivity contribution in [3.8, 4) is 17.2 Å². The first-order chi connectivity index (χ1) is 7.88. The molecule has 16 heavy (non-hydrogen) atoms. The summed E-state index contributed by atoms with van der Waals surface area (Å²) in [6, 6.07) is 6.04. The van der Waals surface area contributed by atoms with Gasteiger partial charge in [-0.15, -0.1) is 0 Å². The fourth-order valence-corrected chi connectivity index (χ4v) is 2.38. The fraction of sp³-hybridized carbons (Fsp3) is 0. The molecule has 0 fully saturated rings. The lowest BCUT2D eigenvalue weighted by atomic mass is 10.1. The number of aromatic amines is 1. The van der Waals surface area contributed by atoms with Gasteiger partial charge in [0.2, 0.25) is 0 Å². The molecule has 0 saturated heterocycles. The Hall–Kier alpha value is -2.12. The number of hydrogen-bond acceptors (Lipinski definition) is 3. The SMILES string of the molecule is N#Cc1cnc2[nH]cc(-c3ccsc3)c2c1. The average Bonchev–Trinajstić information content (AvgIpc) is 2.96. The molecule has 0 amide bonds. The highest BCUT2D eigenvalue weighted by atomic mass is 32.1. The lowest BCUT2D eigenvalue weighted by Gasteiger charge is -1.94. The molecule has 0 saturated carbocycles. The molecule has 0 unspecified atom stereocenters. The topological polar surface area (TPSA) is 52.5 Å². The third-order valence-electron chi connectivity index (χ3n) is 2.49. The van der Waals surface area contributed by atoms with Gasteiger partial charge in [-0.3, -0.25) is 0 Å². The van der Waals surface area contributed by atoms with Crippen LogP contribution in [0.5, 0.6) is 0 Å². The second-order valence-corrected chi connectivity index (χ2v) is 4.23. The summed E-state index contributed by atoms with van der Waals surface area (Å²) in [5, 5.41) is 14.0. The fourth-order valence-electron chi connectivity index (χ4n) is 1.72. The first kappa shape index (κ1) is 9.13. The molecule has 0 bridgehead atoms. The maximum absolute atomic E-state index is 8.86. The van der Waals surface area contributed by atoms with E-state index in [2.05, 4.69) is 27.5 Å². The zero-order valence-electron chi connectivity index (χ0n) is 8.27. The summed E-state index contributed by atoms with van der Waals surface area (Å²) in [7, 11) is 0. The number of nitrogens with zero attached hydrogens (tertiary/aromatic N) is 2. The minimum atomic E-state index is 0.587. The normalized spacial score (nSPS) is 10.4. The van der Waals surface area contributed by atoms with Crippen LogP contribution in [0.15, 0.2) is 35.3 Å². The molecular weight excluding hydrogens is 218 g/mol. The number of rotatable bonds is 1. The zero-order chi connectivity index (χ0) is 11.0. The Bertz CT molecular complexity index is 674. The molecule has 0 radical (unpaired) electrons. The van der Waals surface area contributed by atoms with Crippen LogP contribution in [0.25, 0.3) is 22.2 Å². The van der Waals surface area contributed by atoms with Crippen LogP contribution >= 0.6 is 11.3 Å². The van der Waals surface area contributed by atoms with Crippen molar-refractivity contribution in [3.63, 3.8) is 0 Å². The highest BCUT2D eigenvalue weighted by molar-refractivity contribution is 7.08. The molecule has 4 heteroatoms. The van der Waals surface area contributed by atoms with Gasteiger partial charge in [0.1, 0.15) is 11.7 Å². The predicted octanol–water partition coefficient (Wildman–Crippen LogP) is 3.16. The van der Waals surface area contributed by atoms with E-state index in [0.29, 0.717) is 5.56 Å². The minimum Gasteiger partial charge on any atom is -0.346 e. The maximum Gasteiger partial charge on any atom is 0.137 e.